The van der Waals surface area contributed by atoms with E-state index in [4.69, 9.17) is 32.3 Å². The number of phosphoric acid groups is 2. The van der Waals surface area contributed by atoms with Gasteiger partial charge in [-0.25, -0.2) is 9.13 Å². The molecule has 18 heteroatoms. The van der Waals surface area contributed by atoms with Crippen LogP contribution in [0.4, 0.5) is 0 Å². The topological polar surface area (TPSA) is 231 Å². The van der Waals surface area contributed by atoms with Crippen LogP contribution in [-0.2, 0) is 55.8 Å². The normalized spacial score (nSPS) is 15.1. The number of aliphatic hydroxyl groups excluding tert-OH is 2. The van der Waals surface area contributed by atoms with E-state index in [0.29, 0.717) is 19.3 Å². The van der Waals surface area contributed by atoms with Crippen LogP contribution in [0.3, 0.4) is 0 Å². The Morgan fingerprint density at radius 3 is 0.914 bits per heavy atom. The molecule has 528 valence electrons. The predicted molar refractivity (Wildman–Crippen MR) is 380 cm³/mol. The van der Waals surface area contributed by atoms with E-state index in [0.717, 1.165) is 180 Å². The quantitative estimate of drug-likeness (QED) is 0.0146. The zero-order valence-electron chi connectivity index (χ0n) is 57.1. The second-order valence-corrected chi connectivity index (χ2v) is 25.5. The van der Waals surface area contributed by atoms with Gasteiger partial charge in [-0.15, -0.1) is 0 Å². The SMILES string of the molecule is CC/C=C\C/C=C\C/C=C\C/C=C\C/C=C\C/C=C\CCCCCCCCC(=O)OCC(O)COP(=O)(O)OCC(O)COP(=O)(O)OCC(COC(=O)CCCCC/C=C\C/C=C\C/C=C\C/C=C\C/C=C\CC)OC(=O)CCCCCCC/C=C\C/C=C\CCC. The van der Waals surface area contributed by atoms with Crippen molar-refractivity contribution >= 4 is 33.6 Å². The maximum absolute atomic E-state index is 12.9. The Morgan fingerprint density at radius 2 is 0.570 bits per heavy atom. The van der Waals surface area contributed by atoms with Crippen molar-refractivity contribution in [2.24, 2.45) is 0 Å². The molecule has 0 rings (SSSR count). The lowest BCUT2D eigenvalue weighted by atomic mass is 10.1. The van der Waals surface area contributed by atoms with Gasteiger partial charge >= 0.3 is 33.6 Å². The summed E-state index contributed by atoms with van der Waals surface area (Å²) in [5.74, 6) is -1.66. The summed E-state index contributed by atoms with van der Waals surface area (Å²) in [6.07, 6.45) is 81.5. The van der Waals surface area contributed by atoms with Gasteiger partial charge in [-0.3, -0.25) is 32.5 Å². The Labute approximate surface area is 561 Å². The summed E-state index contributed by atoms with van der Waals surface area (Å²) >= 11 is 0. The summed E-state index contributed by atoms with van der Waals surface area (Å²) in [7, 11) is -9.81. The lowest BCUT2D eigenvalue weighted by molar-refractivity contribution is -0.161. The molecule has 0 aliphatic rings. The van der Waals surface area contributed by atoms with Crippen LogP contribution < -0.4 is 0 Å². The Balaban J connectivity index is 4.64. The molecule has 0 aliphatic heterocycles. The van der Waals surface area contributed by atoms with E-state index in [9.17, 15) is 43.5 Å². The second-order valence-electron chi connectivity index (χ2n) is 22.6. The Bertz CT molecular complexity index is 2320. The number of phosphoric ester groups is 2. The lowest BCUT2D eigenvalue weighted by Crippen LogP contribution is -2.30. The molecule has 0 heterocycles. The smallest absolute Gasteiger partial charge is 0.463 e. The van der Waals surface area contributed by atoms with Crippen molar-refractivity contribution < 1.29 is 75.8 Å². The van der Waals surface area contributed by atoms with Gasteiger partial charge in [0, 0.05) is 19.3 Å². The van der Waals surface area contributed by atoms with Crippen molar-refractivity contribution in [1.82, 2.24) is 0 Å². The maximum Gasteiger partial charge on any atom is 0.472 e. The van der Waals surface area contributed by atoms with Crippen molar-refractivity contribution in [2.75, 3.05) is 39.6 Å². The third-order valence-corrected chi connectivity index (χ3v) is 15.6. The third-order valence-electron chi connectivity index (χ3n) is 13.7. The Hall–Kier alpha value is -4.83. The van der Waals surface area contributed by atoms with E-state index in [1.54, 1.807) is 0 Å². The number of rotatable bonds is 64. The van der Waals surface area contributed by atoms with Crippen LogP contribution in [0.2, 0.25) is 0 Å². The van der Waals surface area contributed by atoms with Gasteiger partial charge in [0.05, 0.1) is 26.4 Å². The zero-order valence-corrected chi connectivity index (χ0v) is 58.9. The van der Waals surface area contributed by atoms with Crippen LogP contribution in [0.1, 0.15) is 239 Å². The molecule has 93 heavy (non-hydrogen) atoms. The largest absolute Gasteiger partial charge is 0.472 e. The summed E-state index contributed by atoms with van der Waals surface area (Å²) in [6, 6.07) is 0. The van der Waals surface area contributed by atoms with Crippen molar-refractivity contribution in [3.05, 3.63) is 158 Å². The molecule has 0 aromatic rings. The van der Waals surface area contributed by atoms with Gasteiger partial charge < -0.3 is 34.2 Å². The van der Waals surface area contributed by atoms with Gasteiger partial charge in [0.2, 0.25) is 0 Å². The number of ether oxygens (including phenoxy) is 3. The molecule has 5 unspecified atom stereocenters. The number of aliphatic hydroxyl groups is 2. The molecule has 0 bridgehead atoms. The zero-order chi connectivity index (χ0) is 68.1. The number of unbranched alkanes of at least 4 members (excludes halogenated alkanes) is 15. The first-order chi connectivity index (χ1) is 45.2. The van der Waals surface area contributed by atoms with Crippen LogP contribution in [0.25, 0.3) is 0 Å². The number of hydrogen-bond acceptors (Lipinski definition) is 14. The number of hydrogen-bond donors (Lipinski definition) is 4. The minimum Gasteiger partial charge on any atom is -0.463 e. The monoisotopic (exact) mass is 1340 g/mol. The second kappa shape index (κ2) is 67.2. The number of esters is 3. The molecular weight excluding hydrogens is 1220 g/mol. The van der Waals surface area contributed by atoms with Crippen LogP contribution in [0.15, 0.2) is 158 Å². The van der Waals surface area contributed by atoms with Gasteiger partial charge in [-0.1, -0.05) is 237 Å². The molecule has 0 amide bonds. The summed E-state index contributed by atoms with van der Waals surface area (Å²) < 4.78 is 60.8. The van der Waals surface area contributed by atoms with Gasteiger partial charge in [-0.2, -0.15) is 0 Å². The summed E-state index contributed by atoms with van der Waals surface area (Å²) in [5, 5.41) is 20.6. The van der Waals surface area contributed by atoms with E-state index < -0.39 is 91.5 Å². The number of carbonyl (C=O) groups excluding carboxylic acids is 3. The fourth-order valence-electron chi connectivity index (χ4n) is 8.46. The van der Waals surface area contributed by atoms with Crippen molar-refractivity contribution in [2.45, 2.75) is 257 Å². The molecule has 0 radical (unpaired) electrons. The highest BCUT2D eigenvalue weighted by Gasteiger charge is 2.29. The van der Waals surface area contributed by atoms with Crippen molar-refractivity contribution in [3.63, 3.8) is 0 Å². The van der Waals surface area contributed by atoms with E-state index in [-0.39, 0.29) is 19.3 Å². The molecule has 0 saturated carbocycles. The van der Waals surface area contributed by atoms with E-state index in [1.807, 2.05) is 0 Å². The minimum atomic E-state index is -4.94. The minimum absolute atomic E-state index is 0.0748. The molecule has 0 aliphatic carbocycles. The molecule has 0 fully saturated rings. The van der Waals surface area contributed by atoms with Crippen LogP contribution >= 0.6 is 15.6 Å². The first-order valence-electron chi connectivity index (χ1n) is 34.8. The highest BCUT2D eigenvalue weighted by atomic mass is 31.2. The lowest BCUT2D eigenvalue weighted by Gasteiger charge is -2.21. The Morgan fingerprint density at radius 1 is 0.312 bits per heavy atom. The molecule has 5 atom stereocenters. The number of carbonyl (C=O) groups is 3. The highest BCUT2D eigenvalue weighted by Crippen LogP contribution is 2.45. The first kappa shape index (κ1) is 88.2. The molecule has 0 aromatic carbocycles. The number of allylic oxidation sites excluding steroid dienone is 26. The van der Waals surface area contributed by atoms with Gasteiger partial charge in [0.15, 0.2) is 6.10 Å². The van der Waals surface area contributed by atoms with Gasteiger partial charge in [-0.05, 0) is 141 Å². The average Bonchev–Trinajstić information content (AvgIpc) is 3.74. The molecule has 4 N–H and O–H groups in total. The maximum atomic E-state index is 12.9. The Kier molecular flexibility index (Phi) is 63.7. The predicted octanol–water partition coefficient (Wildman–Crippen LogP) is 19.5. The van der Waals surface area contributed by atoms with Crippen LogP contribution in [-0.4, -0.2) is 95.9 Å². The summed E-state index contributed by atoms with van der Waals surface area (Å²) in [5.41, 5.74) is 0. The first-order valence-corrected chi connectivity index (χ1v) is 37.8. The van der Waals surface area contributed by atoms with E-state index in [1.165, 1.54) is 0 Å². The summed E-state index contributed by atoms with van der Waals surface area (Å²) in [4.78, 5) is 58.4. The summed E-state index contributed by atoms with van der Waals surface area (Å²) in [6.45, 7) is 2.27. The van der Waals surface area contributed by atoms with Crippen LogP contribution in [0, 0.1) is 0 Å². The van der Waals surface area contributed by atoms with Crippen molar-refractivity contribution in [3.8, 4) is 0 Å². The van der Waals surface area contributed by atoms with E-state index >= 15 is 0 Å². The fraction of sp³-hybridized carbons (Fsp3) is 0.613. The van der Waals surface area contributed by atoms with E-state index in [2.05, 4.69) is 179 Å². The van der Waals surface area contributed by atoms with Crippen molar-refractivity contribution in [1.29, 1.82) is 0 Å². The molecule has 0 aromatic heterocycles. The van der Waals surface area contributed by atoms with Gasteiger partial charge in [0.25, 0.3) is 0 Å². The average molecular weight is 1340 g/mol. The molecule has 16 nitrogen and oxygen atoms in total. The molecule has 0 spiro atoms. The fourth-order valence-corrected chi connectivity index (χ4v) is 10.0. The van der Waals surface area contributed by atoms with Crippen LogP contribution in [0.5, 0.6) is 0 Å². The molecular formula is C75H122O16P2. The standard InChI is InChI=1S/C75H122O16P2/c1-4-7-10-13-16-19-22-25-27-29-31-32-33-34-35-36-38-40-41-44-46-49-52-55-58-61-73(78)85-64-70(76)65-87-92(81,82)88-66-71(77)67-89-93(83,84)90-69-72(91-75(80)63-60-57-54-51-48-43-24-21-18-15-12-9-6-3)68-86-74(79)62-59-56-53-50-47-45-42-39-37-30-28-26-23-20-17-14-11-8-5-2/h7-8,10-12,15-17,19-21,24-28,31-32,34-35,37-40,45,47,70-72,76-77H,4-6,9,13-14,18,22-23,29-30,33,36,41-44,46,48-69H2,1-3H3,(H,81,82)(H,83,84)/b10-7-,11-8-,15-12-,19-16-,20-17-,24-21-,27-25-,28-26-,32-31-,35-34-,39-37-,40-38-,47-45-. The highest BCUT2D eigenvalue weighted by molar-refractivity contribution is 7.47. The molecule has 0 saturated heterocycles. The third kappa shape index (κ3) is 68.4. The van der Waals surface area contributed by atoms with Gasteiger partial charge in [0.1, 0.15) is 25.4 Å².